The van der Waals surface area contributed by atoms with Gasteiger partial charge in [0.1, 0.15) is 0 Å². The van der Waals surface area contributed by atoms with Gasteiger partial charge in [-0.2, -0.15) is 23.2 Å². The Morgan fingerprint density at radius 2 is 1.83 bits per heavy atom. The molecule has 3 nitrogen and oxygen atoms in total. The molecule has 1 unspecified atom stereocenters. The Kier molecular flexibility index (Phi) is 6.55. The van der Waals surface area contributed by atoms with Gasteiger partial charge in [0.05, 0.1) is 25.2 Å². The normalized spacial score (nSPS) is 12.1. The fourth-order valence-corrected chi connectivity index (χ4v) is 0.999. The van der Waals surface area contributed by atoms with Gasteiger partial charge in [-0.1, -0.05) is 6.92 Å². The summed E-state index contributed by atoms with van der Waals surface area (Å²) in [4.78, 5) is 1.82. The molecule has 0 spiro atoms. The highest BCUT2D eigenvalue weighted by Gasteiger charge is 2.07. The third-order valence-electron chi connectivity index (χ3n) is 1.47. The molecule has 0 heterocycles. The Hall–Kier alpha value is -0.710. The lowest BCUT2D eigenvalue weighted by Gasteiger charge is -2.18. The first kappa shape index (κ1) is 11.3. The molecular formula is C8H13N3S. The van der Waals surface area contributed by atoms with E-state index in [4.69, 9.17) is 10.5 Å². The molecule has 4 heteroatoms. The molecule has 12 heavy (non-hydrogen) atoms. The summed E-state index contributed by atoms with van der Waals surface area (Å²) in [6.07, 6.45) is 0. The van der Waals surface area contributed by atoms with E-state index in [0.717, 1.165) is 12.3 Å². The second kappa shape index (κ2) is 6.97. The lowest BCUT2D eigenvalue weighted by Crippen LogP contribution is -2.30. The number of thiol groups is 1. The number of hydrogen-bond acceptors (Lipinski definition) is 4. The standard InChI is InChI=1S/C8H13N3S/c1-8(7-12)6-11(4-2-9)5-3-10/h8,12H,4-7H2,1H3. The summed E-state index contributed by atoms with van der Waals surface area (Å²) >= 11 is 4.13. The van der Waals surface area contributed by atoms with Crippen LogP contribution in [-0.4, -0.2) is 30.3 Å². The van der Waals surface area contributed by atoms with Crippen LogP contribution in [0.4, 0.5) is 0 Å². The van der Waals surface area contributed by atoms with Crippen molar-refractivity contribution in [3.63, 3.8) is 0 Å². The monoisotopic (exact) mass is 183 g/mol. The summed E-state index contributed by atoms with van der Waals surface area (Å²) in [5.41, 5.74) is 0. The maximum absolute atomic E-state index is 8.43. The van der Waals surface area contributed by atoms with Crippen LogP contribution in [0.3, 0.4) is 0 Å². The number of rotatable bonds is 5. The topological polar surface area (TPSA) is 50.8 Å². The molecule has 0 aromatic carbocycles. The Labute approximate surface area is 79.0 Å². The molecule has 1 atom stereocenters. The van der Waals surface area contributed by atoms with E-state index in [1.165, 1.54) is 0 Å². The van der Waals surface area contributed by atoms with E-state index >= 15 is 0 Å². The average molecular weight is 183 g/mol. The zero-order valence-electron chi connectivity index (χ0n) is 7.19. The highest BCUT2D eigenvalue weighted by atomic mass is 32.1. The fraction of sp³-hybridized carbons (Fsp3) is 0.750. The van der Waals surface area contributed by atoms with E-state index in [1.807, 2.05) is 17.0 Å². The summed E-state index contributed by atoms with van der Waals surface area (Å²) in [6.45, 7) is 3.47. The lowest BCUT2D eigenvalue weighted by atomic mass is 10.2. The third kappa shape index (κ3) is 5.01. The summed E-state index contributed by atoms with van der Waals surface area (Å²) in [5.74, 6) is 1.21. The van der Waals surface area contributed by atoms with Crippen molar-refractivity contribution in [2.45, 2.75) is 6.92 Å². The minimum Gasteiger partial charge on any atom is -0.277 e. The van der Waals surface area contributed by atoms with E-state index in [-0.39, 0.29) is 0 Å². The molecule has 0 saturated heterocycles. The van der Waals surface area contributed by atoms with Crippen molar-refractivity contribution in [2.24, 2.45) is 5.92 Å². The zero-order valence-corrected chi connectivity index (χ0v) is 8.09. The fourth-order valence-electron chi connectivity index (χ4n) is 0.884. The second-order valence-corrected chi connectivity index (χ2v) is 3.14. The van der Waals surface area contributed by atoms with Crippen molar-refractivity contribution in [3.8, 4) is 12.1 Å². The molecule has 0 aromatic heterocycles. The maximum atomic E-state index is 8.43. The van der Waals surface area contributed by atoms with Gasteiger partial charge >= 0.3 is 0 Å². The first-order valence-corrected chi connectivity index (χ1v) is 4.45. The van der Waals surface area contributed by atoms with Gasteiger partial charge in [0.2, 0.25) is 0 Å². The molecule has 66 valence electrons. The number of nitriles is 2. The lowest BCUT2D eigenvalue weighted by molar-refractivity contribution is 0.303. The molecule has 0 radical (unpaired) electrons. The Morgan fingerprint density at radius 1 is 1.33 bits per heavy atom. The van der Waals surface area contributed by atoms with E-state index in [1.54, 1.807) is 0 Å². The van der Waals surface area contributed by atoms with Crippen LogP contribution in [0.2, 0.25) is 0 Å². The third-order valence-corrected chi connectivity index (χ3v) is 2.09. The highest BCUT2D eigenvalue weighted by molar-refractivity contribution is 7.80. The molecule has 0 aliphatic rings. The SMILES string of the molecule is CC(CS)CN(CC#N)CC#N. The Morgan fingerprint density at radius 3 is 2.17 bits per heavy atom. The first-order valence-electron chi connectivity index (χ1n) is 3.81. The van der Waals surface area contributed by atoms with E-state index in [2.05, 4.69) is 19.6 Å². The predicted octanol–water partition coefficient (Wildman–Crippen LogP) is 0.901. The Bertz CT molecular complexity index is 175. The molecule has 0 aliphatic carbocycles. The summed E-state index contributed by atoms with van der Waals surface area (Å²) in [7, 11) is 0. The molecule has 0 fully saturated rings. The van der Waals surface area contributed by atoms with Crippen LogP contribution in [0.25, 0.3) is 0 Å². The molecule has 0 N–H and O–H groups in total. The van der Waals surface area contributed by atoms with Crippen LogP contribution in [0.5, 0.6) is 0 Å². The molecule has 0 bridgehead atoms. The van der Waals surface area contributed by atoms with Gasteiger partial charge in [0.15, 0.2) is 0 Å². The van der Waals surface area contributed by atoms with Crippen molar-refractivity contribution in [1.29, 1.82) is 10.5 Å². The van der Waals surface area contributed by atoms with Crippen LogP contribution in [0, 0.1) is 28.6 Å². The van der Waals surface area contributed by atoms with Gasteiger partial charge < -0.3 is 0 Å². The summed E-state index contributed by atoms with van der Waals surface area (Å²) in [5, 5.41) is 16.9. The van der Waals surface area contributed by atoms with E-state index in [0.29, 0.717) is 19.0 Å². The highest BCUT2D eigenvalue weighted by Crippen LogP contribution is 2.00. The molecule has 0 saturated carbocycles. The van der Waals surface area contributed by atoms with Gasteiger partial charge in [-0.3, -0.25) is 4.90 Å². The number of hydrogen-bond donors (Lipinski definition) is 1. The Balaban J connectivity index is 3.80. The van der Waals surface area contributed by atoms with Crippen molar-refractivity contribution in [1.82, 2.24) is 4.90 Å². The second-order valence-electron chi connectivity index (χ2n) is 2.77. The first-order chi connectivity index (χ1) is 5.74. The maximum Gasteiger partial charge on any atom is 0.0874 e. The molecular weight excluding hydrogens is 170 g/mol. The molecule has 0 rings (SSSR count). The predicted molar refractivity (Wildman–Crippen MR) is 50.7 cm³/mol. The van der Waals surface area contributed by atoms with E-state index < -0.39 is 0 Å². The van der Waals surface area contributed by atoms with Gasteiger partial charge in [0.25, 0.3) is 0 Å². The van der Waals surface area contributed by atoms with Crippen LogP contribution < -0.4 is 0 Å². The minimum absolute atomic E-state index is 0.325. The van der Waals surface area contributed by atoms with E-state index in [9.17, 15) is 0 Å². The van der Waals surface area contributed by atoms with Crippen molar-refractivity contribution < 1.29 is 0 Å². The molecule has 0 aliphatic heterocycles. The number of nitrogens with zero attached hydrogens (tertiary/aromatic N) is 3. The van der Waals surface area contributed by atoms with Gasteiger partial charge in [0, 0.05) is 6.54 Å². The van der Waals surface area contributed by atoms with Crippen LogP contribution >= 0.6 is 12.6 Å². The quantitative estimate of drug-likeness (QED) is 0.509. The minimum atomic E-state index is 0.325. The smallest absolute Gasteiger partial charge is 0.0874 e. The molecule has 0 aromatic rings. The largest absolute Gasteiger partial charge is 0.277 e. The van der Waals surface area contributed by atoms with Gasteiger partial charge in [-0.05, 0) is 11.7 Å². The van der Waals surface area contributed by atoms with Crippen molar-refractivity contribution >= 4 is 12.6 Å². The summed E-state index contributed by atoms with van der Waals surface area (Å²) < 4.78 is 0. The molecule has 0 amide bonds. The van der Waals surface area contributed by atoms with Crippen molar-refractivity contribution in [3.05, 3.63) is 0 Å². The van der Waals surface area contributed by atoms with Gasteiger partial charge in [-0.25, -0.2) is 0 Å². The van der Waals surface area contributed by atoms with Crippen LogP contribution in [-0.2, 0) is 0 Å². The van der Waals surface area contributed by atoms with Crippen LogP contribution in [0.1, 0.15) is 6.92 Å². The van der Waals surface area contributed by atoms with Gasteiger partial charge in [-0.15, -0.1) is 0 Å². The summed E-state index contributed by atoms with van der Waals surface area (Å²) in [6, 6.07) is 4.06. The average Bonchev–Trinajstić information content (AvgIpc) is 2.05. The van der Waals surface area contributed by atoms with Crippen LogP contribution in [0.15, 0.2) is 0 Å². The zero-order chi connectivity index (χ0) is 9.40. The van der Waals surface area contributed by atoms with Crippen molar-refractivity contribution in [2.75, 3.05) is 25.4 Å².